The maximum Gasteiger partial charge on any atom is 0.250 e. The normalized spacial score (nSPS) is 9.85. The van der Waals surface area contributed by atoms with Crippen LogP contribution in [-0.2, 0) is 18.5 Å². The van der Waals surface area contributed by atoms with Crippen LogP contribution in [-0.4, -0.2) is 85.3 Å². The molecule has 2 heterocycles. The Morgan fingerprint density at radius 1 is 0.564 bits per heavy atom. The second kappa shape index (κ2) is 15.6. The van der Waals surface area contributed by atoms with Gasteiger partial charge in [0.2, 0.25) is 11.0 Å². The number of nitrogens with zero attached hydrogens (tertiary/aromatic N) is 6. The number of hydrogen-bond acceptors (Lipinski definition) is 8. The van der Waals surface area contributed by atoms with Gasteiger partial charge in [-0.1, -0.05) is 60.7 Å². The number of fused-ring (bicyclic) bond motifs is 2. The van der Waals surface area contributed by atoms with E-state index in [-0.39, 0.29) is 0 Å². The summed E-state index contributed by atoms with van der Waals surface area (Å²) in [5.41, 5.74) is 4.85. The Hall–Kier alpha value is -2.88. The molecule has 0 aliphatic carbocycles. The van der Waals surface area contributed by atoms with E-state index in [0.717, 1.165) is 27.3 Å². The van der Waals surface area contributed by atoms with Crippen molar-refractivity contribution >= 4 is 84.2 Å². The molecule has 11 nitrogen and oxygen atoms in total. The molecule has 0 amide bonds. The molecule has 0 aliphatic heterocycles. The molecule has 0 saturated heterocycles. The molecule has 0 fully saturated rings. The molecular weight excluding hydrogens is 562 g/mol. The van der Waals surface area contributed by atoms with Crippen molar-refractivity contribution in [3.05, 3.63) is 114 Å². The third kappa shape index (κ3) is 8.55. The fraction of sp³-hybridized carbons (Fsp3) is 0. The maximum absolute atomic E-state index is 11.9. The molecule has 0 aliphatic rings. The summed E-state index contributed by atoms with van der Waals surface area (Å²) in [6.45, 7) is 0. The van der Waals surface area contributed by atoms with Crippen LogP contribution in [0.15, 0.2) is 109 Å². The smallest absolute Gasteiger partial charge is 0.250 e. The summed E-state index contributed by atoms with van der Waals surface area (Å²) in [4.78, 5) is 3.81. The average molecular weight is 581 g/mol. The molecular formula is C24H18N6Na2O5S2. The standard InChI is InChI=1S/C12H9N3O.C12H9N3.2Na.O4S2/c16-15-12-9-5-4-8-11(12)13-14(15)10-6-2-1-3-7-10;1-2-6-10(7-3-1)15-13-11-8-4-5-9-12(11)14-15;;;1-5(2)6(3)4/h1-9H;1-9H;;;. The van der Waals surface area contributed by atoms with Gasteiger partial charge >= 0.3 is 62.1 Å². The van der Waals surface area contributed by atoms with E-state index in [0.29, 0.717) is 11.0 Å². The predicted molar refractivity (Wildman–Crippen MR) is 148 cm³/mol. The molecule has 0 radical (unpaired) electrons. The maximum atomic E-state index is 11.9. The Morgan fingerprint density at radius 2 is 0.974 bits per heavy atom. The van der Waals surface area contributed by atoms with Crippen LogP contribution >= 0.6 is 0 Å². The van der Waals surface area contributed by atoms with Crippen molar-refractivity contribution in [1.29, 1.82) is 0 Å². The second-order valence-electron chi connectivity index (χ2n) is 7.21. The zero-order valence-electron chi connectivity index (χ0n) is 20.9. The van der Waals surface area contributed by atoms with E-state index >= 15 is 0 Å². The van der Waals surface area contributed by atoms with Crippen molar-refractivity contribution in [2.45, 2.75) is 0 Å². The summed E-state index contributed by atoms with van der Waals surface area (Å²) in [6, 6.07) is 34.4. The minimum atomic E-state index is -2.95. The molecule has 0 spiro atoms. The molecule has 15 heteroatoms. The summed E-state index contributed by atoms with van der Waals surface area (Å²) in [7, 11) is -5.90. The Balaban J connectivity index is 0.000000171. The summed E-state index contributed by atoms with van der Waals surface area (Å²) in [5, 5.41) is 25.0. The zero-order valence-corrected chi connectivity index (χ0v) is 26.6. The van der Waals surface area contributed by atoms with Gasteiger partial charge in [0.25, 0.3) is 0 Å². The monoisotopic (exact) mass is 580 g/mol. The summed E-state index contributed by atoms with van der Waals surface area (Å²) < 4.78 is 36.3. The van der Waals surface area contributed by atoms with Crippen LogP contribution in [0.25, 0.3) is 33.4 Å². The van der Waals surface area contributed by atoms with Gasteiger partial charge in [-0.3, -0.25) is 0 Å². The van der Waals surface area contributed by atoms with Crippen LogP contribution < -0.4 is 4.85 Å². The van der Waals surface area contributed by atoms with Crippen molar-refractivity contribution in [2.24, 2.45) is 0 Å². The van der Waals surface area contributed by atoms with E-state index in [2.05, 4.69) is 15.3 Å². The average Bonchev–Trinajstić information content (AvgIpc) is 3.57. The largest absolute Gasteiger partial charge is 0.692 e. The van der Waals surface area contributed by atoms with Crippen molar-refractivity contribution in [3.8, 4) is 11.4 Å². The second-order valence-corrected chi connectivity index (χ2v) is 9.66. The molecule has 0 atom stereocenters. The fourth-order valence-electron chi connectivity index (χ4n) is 3.22. The van der Waals surface area contributed by atoms with Gasteiger partial charge in [-0.25, -0.2) is 0 Å². The molecule has 188 valence electrons. The van der Waals surface area contributed by atoms with Gasteiger partial charge in [0.15, 0.2) is 0 Å². The van der Waals surface area contributed by atoms with E-state index in [4.69, 9.17) is 16.8 Å². The molecule has 6 rings (SSSR count). The van der Waals surface area contributed by atoms with E-state index in [9.17, 15) is 5.21 Å². The molecule has 0 N–H and O–H groups in total. The molecule has 39 heavy (non-hydrogen) atoms. The van der Waals surface area contributed by atoms with Gasteiger partial charge in [-0.05, 0) is 53.3 Å². The van der Waals surface area contributed by atoms with Gasteiger partial charge in [0.05, 0.1) is 10.8 Å². The van der Waals surface area contributed by atoms with Gasteiger partial charge in [0, 0.05) is 0 Å². The quantitative estimate of drug-likeness (QED) is 0.172. The first kappa shape index (κ1) is 30.7. The number of hydrogen-bond donors (Lipinski definition) is 0. The Kier molecular flexibility index (Phi) is 12.3. The molecule has 0 saturated carbocycles. The van der Waals surface area contributed by atoms with Crippen molar-refractivity contribution in [1.82, 2.24) is 24.9 Å². The zero-order chi connectivity index (χ0) is 28.2. The Morgan fingerprint density at radius 3 is 1.44 bits per heavy atom. The number of rotatable bonds is 2. The van der Waals surface area contributed by atoms with Crippen LogP contribution in [0.5, 0.6) is 0 Å². The van der Waals surface area contributed by atoms with E-state index < -0.39 is 18.5 Å². The van der Waals surface area contributed by atoms with Crippen LogP contribution in [0.4, 0.5) is 0 Å². The fourth-order valence-corrected chi connectivity index (χ4v) is 3.22. The minimum absolute atomic E-state index is 0.575. The van der Waals surface area contributed by atoms with Crippen molar-refractivity contribution in [3.63, 3.8) is 0 Å². The van der Waals surface area contributed by atoms with Gasteiger partial charge < -0.3 is 5.21 Å². The van der Waals surface area contributed by atoms with Crippen LogP contribution in [0.3, 0.4) is 0 Å². The third-order valence-corrected chi connectivity index (χ3v) is 5.72. The molecule has 6 aromatic rings. The molecule has 4 aromatic carbocycles. The van der Waals surface area contributed by atoms with E-state index in [1.807, 2.05) is 103 Å². The van der Waals surface area contributed by atoms with Gasteiger partial charge in [0.1, 0.15) is 16.7 Å². The van der Waals surface area contributed by atoms with Gasteiger partial charge in [-0.2, -0.15) is 21.6 Å². The van der Waals surface area contributed by atoms with Crippen LogP contribution in [0.2, 0.25) is 0 Å². The first-order chi connectivity index (χ1) is 18.9. The molecule has 2 aromatic heterocycles. The van der Waals surface area contributed by atoms with Gasteiger partial charge in [-0.15, -0.1) is 15.0 Å². The first-order valence-electron chi connectivity index (χ1n) is 11.6. The summed E-state index contributed by atoms with van der Waals surface area (Å²) in [6.07, 6.45) is 0. The predicted octanol–water partition coefficient (Wildman–Crippen LogP) is 1.98. The molecule has 0 unspecified atom stereocenters. The summed E-state index contributed by atoms with van der Waals surface area (Å²) in [5.74, 6) is 0. The van der Waals surface area contributed by atoms with Crippen molar-refractivity contribution < 1.29 is 21.7 Å². The Labute approximate surface area is 254 Å². The third-order valence-electron chi connectivity index (χ3n) is 4.83. The Bertz CT molecular complexity index is 1840. The van der Waals surface area contributed by atoms with Crippen LogP contribution in [0, 0.1) is 5.21 Å². The molecule has 0 bridgehead atoms. The summed E-state index contributed by atoms with van der Waals surface area (Å²) >= 11 is 2.89. The van der Waals surface area contributed by atoms with E-state index in [1.54, 1.807) is 10.9 Å². The number of benzene rings is 4. The first-order valence-corrected chi connectivity index (χ1v) is 22.3. The topological polar surface area (TPSA) is 144 Å². The number of aromatic nitrogens is 6. The number of para-hydroxylation sites is 3. The SMILES string of the molecule is O=S(=O)=S(=O)=O.[Na][Na].[O-][n+]1c2ccccc2nn1-c1ccccc1.c1ccc(-n2nc3ccccc3n2)cc1. The van der Waals surface area contributed by atoms with Crippen molar-refractivity contribution in [2.75, 3.05) is 0 Å². The van der Waals surface area contributed by atoms with E-state index in [1.165, 1.54) is 48.4 Å². The minimum Gasteiger partial charge on any atom is -0.692 e. The van der Waals surface area contributed by atoms with Crippen LogP contribution in [0.1, 0.15) is 0 Å².